The van der Waals surface area contributed by atoms with Gasteiger partial charge in [-0.3, -0.25) is 4.40 Å². The maximum atomic E-state index is 9.20. The van der Waals surface area contributed by atoms with Crippen LogP contribution in [0.4, 0.5) is 0 Å². The molecule has 21 heavy (non-hydrogen) atoms. The second-order valence-electron chi connectivity index (χ2n) is 6.10. The van der Waals surface area contributed by atoms with Crippen molar-refractivity contribution in [2.75, 3.05) is 0 Å². The lowest BCUT2D eigenvalue weighted by molar-refractivity contribution is 0.566. The van der Waals surface area contributed by atoms with E-state index in [4.69, 9.17) is 4.98 Å². The summed E-state index contributed by atoms with van der Waals surface area (Å²) in [5.74, 6) is 0. The lowest BCUT2D eigenvalue weighted by Gasteiger charge is -2.17. The van der Waals surface area contributed by atoms with Gasteiger partial charge in [0.15, 0.2) is 4.96 Å². The quantitative estimate of drug-likeness (QED) is 0.702. The van der Waals surface area contributed by atoms with Crippen LogP contribution in [0.1, 0.15) is 32.2 Å². The summed E-state index contributed by atoms with van der Waals surface area (Å²) in [5.41, 5.74) is 4.24. The molecule has 0 aliphatic rings. The van der Waals surface area contributed by atoms with Gasteiger partial charge in [-0.2, -0.15) is 5.26 Å². The highest BCUT2D eigenvalue weighted by atomic mass is 32.1. The molecule has 0 N–H and O–H groups in total. The first-order valence-electron chi connectivity index (χ1n) is 6.94. The first-order valence-corrected chi connectivity index (χ1v) is 7.82. The maximum absolute atomic E-state index is 9.20. The van der Waals surface area contributed by atoms with Gasteiger partial charge in [0.25, 0.3) is 0 Å². The highest BCUT2D eigenvalue weighted by molar-refractivity contribution is 7.15. The Labute approximate surface area is 128 Å². The summed E-state index contributed by atoms with van der Waals surface area (Å²) < 4.78 is 2.14. The number of hydrogen-bond donors (Lipinski definition) is 0. The van der Waals surface area contributed by atoms with E-state index in [1.807, 2.05) is 18.2 Å². The number of nitrogens with zero attached hydrogens (tertiary/aromatic N) is 3. The average Bonchev–Trinajstić information content (AvgIpc) is 3.00. The van der Waals surface area contributed by atoms with Gasteiger partial charge < -0.3 is 0 Å². The molecule has 0 unspecified atom stereocenters. The summed E-state index contributed by atoms with van der Waals surface area (Å²) in [6, 6.07) is 12.5. The summed E-state index contributed by atoms with van der Waals surface area (Å²) in [5, 5.41) is 11.3. The molecule has 4 heteroatoms. The summed E-state index contributed by atoms with van der Waals surface area (Å²) in [6.45, 7) is 6.42. The number of hydrogen-bond acceptors (Lipinski definition) is 3. The van der Waals surface area contributed by atoms with Crippen LogP contribution in [0.5, 0.6) is 0 Å². The van der Waals surface area contributed by atoms with E-state index < -0.39 is 0 Å². The highest BCUT2D eigenvalue weighted by Crippen LogP contribution is 2.33. The molecule has 2 aromatic heterocycles. The second-order valence-corrected chi connectivity index (χ2v) is 6.93. The zero-order chi connectivity index (χ0) is 15.0. The molecule has 2 heterocycles. The molecule has 106 valence electrons. The molecule has 0 bridgehead atoms. The Morgan fingerprint density at radius 3 is 2.57 bits per heavy atom. The highest BCUT2D eigenvalue weighted by Gasteiger charge is 2.25. The Balaban J connectivity index is 2.30. The van der Waals surface area contributed by atoms with Gasteiger partial charge in [0, 0.05) is 10.8 Å². The molecule has 0 aliphatic heterocycles. The Hall–Kier alpha value is -2.12. The fourth-order valence-electron chi connectivity index (χ4n) is 2.56. The standard InChI is InChI=1S/C17H17N3S/c1-17(2,3)15-13(9-10-18)20-14(11-21-16(20)19-15)12-7-5-4-6-8-12/h4-8,11H,9H2,1-3H3. The molecular weight excluding hydrogens is 278 g/mol. The van der Waals surface area contributed by atoms with Crippen molar-refractivity contribution in [2.45, 2.75) is 32.6 Å². The Morgan fingerprint density at radius 1 is 1.24 bits per heavy atom. The number of nitriles is 1. The molecule has 0 amide bonds. The Kier molecular flexibility index (Phi) is 3.30. The van der Waals surface area contributed by atoms with Gasteiger partial charge in [-0.05, 0) is 5.56 Å². The van der Waals surface area contributed by atoms with Gasteiger partial charge in [-0.25, -0.2) is 4.98 Å². The van der Waals surface area contributed by atoms with Crippen LogP contribution < -0.4 is 0 Å². The number of rotatable bonds is 2. The molecule has 3 rings (SSSR count). The minimum absolute atomic E-state index is 0.0636. The van der Waals surface area contributed by atoms with Crippen LogP contribution in [0, 0.1) is 11.3 Å². The molecular formula is C17H17N3S. The predicted molar refractivity (Wildman–Crippen MR) is 86.5 cm³/mol. The average molecular weight is 295 g/mol. The van der Waals surface area contributed by atoms with Gasteiger partial charge in [0.2, 0.25) is 0 Å². The topological polar surface area (TPSA) is 41.1 Å². The van der Waals surface area contributed by atoms with Crippen molar-refractivity contribution in [1.29, 1.82) is 5.26 Å². The largest absolute Gasteiger partial charge is 0.286 e. The molecule has 3 nitrogen and oxygen atoms in total. The van der Waals surface area contributed by atoms with Gasteiger partial charge >= 0.3 is 0 Å². The van der Waals surface area contributed by atoms with E-state index in [0.717, 1.165) is 27.6 Å². The van der Waals surface area contributed by atoms with Gasteiger partial charge in [0.1, 0.15) is 0 Å². The normalized spacial score (nSPS) is 11.7. The van der Waals surface area contributed by atoms with E-state index in [2.05, 4.69) is 48.8 Å². The molecule has 1 aromatic carbocycles. The van der Waals surface area contributed by atoms with Crippen LogP contribution >= 0.6 is 11.3 Å². The Bertz CT molecular complexity index is 813. The molecule has 0 atom stereocenters. The first-order chi connectivity index (χ1) is 10.0. The Morgan fingerprint density at radius 2 is 1.95 bits per heavy atom. The van der Waals surface area contributed by atoms with Crippen molar-refractivity contribution in [3.05, 3.63) is 47.1 Å². The first kappa shape index (κ1) is 13.8. The van der Waals surface area contributed by atoms with Gasteiger partial charge in [-0.15, -0.1) is 11.3 Å². The van der Waals surface area contributed by atoms with Crippen LogP contribution in [0.25, 0.3) is 16.2 Å². The summed E-state index contributed by atoms with van der Waals surface area (Å²) in [7, 11) is 0. The zero-order valence-corrected chi connectivity index (χ0v) is 13.2. The smallest absolute Gasteiger partial charge is 0.194 e. The van der Waals surface area contributed by atoms with E-state index in [1.54, 1.807) is 11.3 Å². The van der Waals surface area contributed by atoms with Crippen LogP contribution in [0.3, 0.4) is 0 Å². The molecule has 3 aromatic rings. The van der Waals surface area contributed by atoms with Crippen LogP contribution in [0.15, 0.2) is 35.7 Å². The monoisotopic (exact) mass is 295 g/mol. The minimum atomic E-state index is -0.0636. The number of thiazole rings is 1. The van der Waals surface area contributed by atoms with Crippen molar-refractivity contribution in [2.24, 2.45) is 0 Å². The van der Waals surface area contributed by atoms with E-state index in [9.17, 15) is 5.26 Å². The number of benzene rings is 1. The summed E-state index contributed by atoms with van der Waals surface area (Å²) in [4.78, 5) is 5.74. The summed E-state index contributed by atoms with van der Waals surface area (Å²) in [6.07, 6.45) is 0.379. The number of aromatic nitrogens is 2. The van der Waals surface area contributed by atoms with E-state index >= 15 is 0 Å². The zero-order valence-electron chi connectivity index (χ0n) is 12.4. The second kappa shape index (κ2) is 5.01. The van der Waals surface area contributed by atoms with Crippen LogP contribution in [-0.4, -0.2) is 9.38 Å². The minimum Gasteiger partial charge on any atom is -0.286 e. The molecule has 0 saturated carbocycles. The summed E-state index contributed by atoms with van der Waals surface area (Å²) >= 11 is 1.63. The SMILES string of the molecule is CC(C)(C)c1nc2scc(-c3ccccc3)n2c1CC#N. The lowest BCUT2D eigenvalue weighted by atomic mass is 9.90. The third-order valence-corrected chi connectivity index (χ3v) is 4.31. The third kappa shape index (κ3) is 2.34. The predicted octanol–water partition coefficient (Wildman–Crippen LogP) is 4.43. The molecule has 0 radical (unpaired) electrons. The fraction of sp³-hybridized carbons (Fsp3) is 0.294. The third-order valence-electron chi connectivity index (χ3n) is 3.49. The van der Waals surface area contributed by atoms with Crippen molar-refractivity contribution >= 4 is 16.3 Å². The van der Waals surface area contributed by atoms with Crippen molar-refractivity contribution in [1.82, 2.24) is 9.38 Å². The molecule has 0 saturated heterocycles. The fourth-order valence-corrected chi connectivity index (χ4v) is 3.48. The molecule has 0 fully saturated rings. The number of imidazole rings is 1. The van der Waals surface area contributed by atoms with Crippen molar-refractivity contribution in [3.8, 4) is 17.3 Å². The van der Waals surface area contributed by atoms with E-state index in [-0.39, 0.29) is 5.41 Å². The van der Waals surface area contributed by atoms with Crippen molar-refractivity contribution < 1.29 is 0 Å². The van der Waals surface area contributed by atoms with Crippen LogP contribution in [0.2, 0.25) is 0 Å². The maximum Gasteiger partial charge on any atom is 0.194 e. The van der Waals surface area contributed by atoms with Crippen molar-refractivity contribution in [3.63, 3.8) is 0 Å². The van der Waals surface area contributed by atoms with E-state index in [0.29, 0.717) is 6.42 Å². The lowest BCUT2D eigenvalue weighted by Crippen LogP contribution is -2.15. The molecule has 0 aliphatic carbocycles. The van der Waals surface area contributed by atoms with Crippen LogP contribution in [-0.2, 0) is 11.8 Å². The van der Waals surface area contributed by atoms with E-state index in [1.165, 1.54) is 0 Å². The van der Waals surface area contributed by atoms with Gasteiger partial charge in [0.05, 0.1) is 29.6 Å². The van der Waals surface area contributed by atoms with Gasteiger partial charge in [-0.1, -0.05) is 51.1 Å². The number of fused-ring (bicyclic) bond motifs is 1. The molecule has 0 spiro atoms.